The van der Waals surface area contributed by atoms with E-state index in [9.17, 15) is 9.59 Å². The first-order chi connectivity index (χ1) is 7.41. The van der Waals surface area contributed by atoms with E-state index < -0.39 is 8.07 Å². The Morgan fingerprint density at radius 1 is 1.00 bits per heavy atom. The highest BCUT2D eigenvalue weighted by atomic mass is 28.3. The minimum atomic E-state index is -1.34. The van der Waals surface area contributed by atoms with Crippen LogP contribution in [0.5, 0.6) is 0 Å². The van der Waals surface area contributed by atoms with E-state index in [4.69, 9.17) is 4.74 Å². The van der Waals surface area contributed by atoms with E-state index in [2.05, 4.69) is 31.8 Å². The van der Waals surface area contributed by atoms with Crippen LogP contribution in [-0.4, -0.2) is 20.0 Å². The number of rotatable bonds is 1. The van der Waals surface area contributed by atoms with E-state index in [0.29, 0.717) is 5.54 Å². The van der Waals surface area contributed by atoms with Gasteiger partial charge in [-0.3, -0.25) is 9.59 Å². The molecule has 3 aliphatic rings. The van der Waals surface area contributed by atoms with Crippen molar-refractivity contribution >= 4 is 20.0 Å². The van der Waals surface area contributed by atoms with E-state index in [-0.39, 0.29) is 35.6 Å². The first-order valence-corrected chi connectivity index (χ1v) is 9.43. The maximum Gasteiger partial charge on any atom is 0.318 e. The minimum absolute atomic E-state index is 0.167. The third kappa shape index (κ3) is 1.08. The molecule has 16 heavy (non-hydrogen) atoms. The van der Waals surface area contributed by atoms with E-state index in [1.54, 1.807) is 0 Å². The van der Waals surface area contributed by atoms with Gasteiger partial charge in [0.25, 0.3) is 0 Å². The number of ether oxygens (including phenoxy) is 1. The molecule has 3 nitrogen and oxygen atoms in total. The Bertz CT molecular complexity index is 377. The zero-order valence-corrected chi connectivity index (χ0v) is 10.8. The number of fused-ring (bicyclic) bond motifs is 5. The second-order valence-electron chi connectivity index (χ2n) is 6.22. The Kier molecular flexibility index (Phi) is 1.83. The smallest absolute Gasteiger partial charge is 0.318 e. The van der Waals surface area contributed by atoms with Crippen molar-refractivity contribution in [2.75, 3.05) is 0 Å². The van der Waals surface area contributed by atoms with E-state index in [0.717, 1.165) is 0 Å². The van der Waals surface area contributed by atoms with Gasteiger partial charge >= 0.3 is 11.9 Å². The molecule has 2 aliphatic carbocycles. The molecule has 1 saturated heterocycles. The number of hydrogen-bond donors (Lipinski definition) is 0. The fourth-order valence-electron chi connectivity index (χ4n) is 3.92. The van der Waals surface area contributed by atoms with Gasteiger partial charge in [-0.25, -0.2) is 0 Å². The lowest BCUT2D eigenvalue weighted by Gasteiger charge is -2.30. The Hall–Kier alpha value is -0.903. The molecule has 3 unspecified atom stereocenters. The molecule has 5 atom stereocenters. The molecule has 0 aromatic heterocycles. The Morgan fingerprint density at radius 3 is 1.81 bits per heavy atom. The van der Waals surface area contributed by atoms with Gasteiger partial charge in [-0.05, 0) is 17.4 Å². The first kappa shape index (κ1) is 10.3. The molecule has 3 rings (SSSR count). The van der Waals surface area contributed by atoms with Gasteiger partial charge < -0.3 is 4.74 Å². The van der Waals surface area contributed by atoms with Crippen molar-refractivity contribution in [2.45, 2.75) is 25.2 Å². The summed E-state index contributed by atoms with van der Waals surface area (Å²) in [6, 6.07) is 0. The van der Waals surface area contributed by atoms with Crippen LogP contribution < -0.4 is 0 Å². The molecular weight excluding hydrogens is 220 g/mol. The summed E-state index contributed by atoms with van der Waals surface area (Å²) in [4.78, 5) is 23.3. The van der Waals surface area contributed by atoms with Crippen molar-refractivity contribution in [2.24, 2.45) is 23.7 Å². The van der Waals surface area contributed by atoms with Gasteiger partial charge in [-0.15, -0.1) is 0 Å². The molecule has 0 amide bonds. The molecule has 2 bridgehead atoms. The standard InChI is InChI=1S/C12H16O3Si/c1-16(2,3)10-6-4-5-7(10)9-8(6)11(13)15-12(9)14/h4-10H,1-3H3/t6?,7?,8-,9+,10?. The van der Waals surface area contributed by atoms with Crippen molar-refractivity contribution in [3.05, 3.63) is 12.2 Å². The van der Waals surface area contributed by atoms with Crippen LogP contribution in [0, 0.1) is 23.7 Å². The van der Waals surface area contributed by atoms with Crippen LogP contribution in [-0.2, 0) is 14.3 Å². The summed E-state index contributed by atoms with van der Waals surface area (Å²) < 4.78 is 4.77. The van der Waals surface area contributed by atoms with Gasteiger partial charge in [0.1, 0.15) is 0 Å². The van der Waals surface area contributed by atoms with Crippen molar-refractivity contribution in [1.82, 2.24) is 0 Å². The number of carbonyl (C=O) groups is 2. The SMILES string of the molecule is C[Si](C)(C)C1C2C=CC1[C@@H]1C(=O)OC(=O)[C@H]21. The second-order valence-corrected chi connectivity index (χ2v) is 11.6. The molecule has 1 saturated carbocycles. The number of esters is 2. The van der Waals surface area contributed by atoms with E-state index in [1.807, 2.05) is 0 Å². The lowest BCUT2D eigenvalue weighted by molar-refractivity contribution is -0.154. The average Bonchev–Trinajstić information content (AvgIpc) is 2.75. The van der Waals surface area contributed by atoms with Gasteiger partial charge in [0.2, 0.25) is 0 Å². The fourth-order valence-corrected chi connectivity index (χ4v) is 6.86. The number of cyclic esters (lactones) is 2. The summed E-state index contributed by atoms with van der Waals surface area (Å²) in [5.41, 5.74) is 0.541. The van der Waals surface area contributed by atoms with Crippen LogP contribution in [0.3, 0.4) is 0 Å². The lowest BCUT2D eigenvalue weighted by atomic mass is 9.85. The maximum atomic E-state index is 11.7. The van der Waals surface area contributed by atoms with Crippen LogP contribution >= 0.6 is 0 Å². The molecule has 1 heterocycles. The topological polar surface area (TPSA) is 43.4 Å². The predicted molar refractivity (Wildman–Crippen MR) is 61.3 cm³/mol. The van der Waals surface area contributed by atoms with Gasteiger partial charge in [0.15, 0.2) is 0 Å². The summed E-state index contributed by atoms with van der Waals surface area (Å²) in [6.07, 6.45) is 4.29. The molecular formula is C12H16O3Si. The van der Waals surface area contributed by atoms with E-state index >= 15 is 0 Å². The molecule has 0 N–H and O–H groups in total. The molecule has 4 heteroatoms. The quantitative estimate of drug-likeness (QED) is 0.302. The summed E-state index contributed by atoms with van der Waals surface area (Å²) in [7, 11) is -1.34. The zero-order chi connectivity index (χ0) is 11.7. The summed E-state index contributed by atoms with van der Waals surface area (Å²) >= 11 is 0. The molecule has 0 radical (unpaired) electrons. The third-order valence-corrected chi connectivity index (χ3v) is 7.12. The maximum absolute atomic E-state index is 11.7. The molecule has 0 aromatic rings. The highest BCUT2D eigenvalue weighted by Crippen LogP contribution is 2.61. The molecule has 2 fully saturated rings. The second kappa shape index (κ2) is 2.86. The van der Waals surface area contributed by atoms with Gasteiger partial charge in [-0.2, -0.15) is 0 Å². The van der Waals surface area contributed by atoms with Gasteiger partial charge in [-0.1, -0.05) is 31.8 Å². The summed E-state index contributed by atoms with van der Waals surface area (Å²) in [6.45, 7) is 6.96. The number of carbonyl (C=O) groups excluding carboxylic acids is 2. The predicted octanol–water partition coefficient (Wildman–Crippen LogP) is 1.83. The van der Waals surface area contributed by atoms with Crippen molar-refractivity contribution in [3.8, 4) is 0 Å². The molecule has 1 aliphatic heterocycles. The Balaban J connectivity index is 2.03. The minimum Gasteiger partial charge on any atom is -0.393 e. The molecule has 0 spiro atoms. The lowest BCUT2D eigenvalue weighted by Crippen LogP contribution is -2.33. The van der Waals surface area contributed by atoms with Crippen LogP contribution in [0.2, 0.25) is 25.2 Å². The fraction of sp³-hybridized carbons (Fsp3) is 0.667. The van der Waals surface area contributed by atoms with Crippen LogP contribution in [0.4, 0.5) is 0 Å². The van der Waals surface area contributed by atoms with Crippen molar-refractivity contribution in [1.29, 1.82) is 0 Å². The highest BCUT2D eigenvalue weighted by Gasteiger charge is 2.64. The zero-order valence-electron chi connectivity index (χ0n) is 9.77. The Labute approximate surface area is 95.9 Å². The number of hydrogen-bond acceptors (Lipinski definition) is 3. The monoisotopic (exact) mass is 236 g/mol. The highest BCUT2D eigenvalue weighted by molar-refractivity contribution is 6.78. The number of allylic oxidation sites excluding steroid dienone is 2. The van der Waals surface area contributed by atoms with Crippen molar-refractivity contribution in [3.63, 3.8) is 0 Å². The van der Waals surface area contributed by atoms with Gasteiger partial charge in [0.05, 0.1) is 11.8 Å². The normalized spacial score (nSPS) is 45.1. The largest absolute Gasteiger partial charge is 0.393 e. The van der Waals surface area contributed by atoms with Crippen LogP contribution in [0.15, 0.2) is 12.2 Å². The first-order valence-electron chi connectivity index (χ1n) is 5.85. The van der Waals surface area contributed by atoms with Crippen LogP contribution in [0.1, 0.15) is 0 Å². The third-order valence-electron chi connectivity index (χ3n) is 4.35. The van der Waals surface area contributed by atoms with Crippen LogP contribution in [0.25, 0.3) is 0 Å². The van der Waals surface area contributed by atoms with Crippen molar-refractivity contribution < 1.29 is 14.3 Å². The molecule has 86 valence electrons. The van der Waals surface area contributed by atoms with Gasteiger partial charge in [0, 0.05) is 8.07 Å². The van der Waals surface area contributed by atoms with E-state index in [1.165, 1.54) is 0 Å². The summed E-state index contributed by atoms with van der Waals surface area (Å²) in [5, 5.41) is 0. The molecule has 0 aromatic carbocycles. The summed E-state index contributed by atoms with van der Waals surface area (Å²) in [5.74, 6) is -0.370. The average molecular weight is 236 g/mol. The Morgan fingerprint density at radius 2 is 1.44 bits per heavy atom.